The maximum atomic E-state index is 6.25. The predicted molar refractivity (Wildman–Crippen MR) is 132 cm³/mol. The quantitative estimate of drug-likeness (QED) is 0.509. The Morgan fingerprint density at radius 3 is 2.19 bits per heavy atom. The van der Waals surface area contributed by atoms with Gasteiger partial charge in [-0.15, -0.1) is 0 Å². The molecule has 2 saturated carbocycles. The highest BCUT2D eigenvalue weighted by atomic mass is 15.3. The Kier molecular flexibility index (Phi) is 6.25. The third kappa shape index (κ3) is 4.49. The number of hydrogen-bond donors (Lipinski definition) is 2. The molecular weight excluding hydrogens is 378 g/mol. The van der Waals surface area contributed by atoms with Gasteiger partial charge in [-0.2, -0.15) is 0 Å². The average molecular weight is 424 g/mol. The lowest BCUT2D eigenvalue weighted by atomic mass is 9.64. The number of nitrogens with two attached hydrogens (primary N) is 1. The van der Waals surface area contributed by atoms with Crippen LogP contribution in [0, 0.1) is 17.8 Å². The molecule has 1 aromatic carbocycles. The number of nitrogen functional groups attached to an aromatic ring is 1. The molecule has 2 aliphatic carbocycles. The van der Waals surface area contributed by atoms with Gasteiger partial charge in [0.05, 0.1) is 11.4 Å². The molecule has 2 aliphatic heterocycles. The first-order valence-corrected chi connectivity index (χ1v) is 13.4. The number of hydrogen-bond acceptors (Lipinski definition) is 3. The lowest BCUT2D eigenvalue weighted by Crippen LogP contribution is -2.61. The minimum absolute atomic E-state index is 0.474. The van der Waals surface area contributed by atoms with Gasteiger partial charge in [0.1, 0.15) is 0 Å². The van der Waals surface area contributed by atoms with E-state index in [0.717, 1.165) is 41.2 Å². The maximum Gasteiger partial charge on any atom is 0.0576 e. The molecular formula is C28H45N3. The summed E-state index contributed by atoms with van der Waals surface area (Å²) in [7, 11) is 0. The lowest BCUT2D eigenvalue weighted by Gasteiger charge is -2.57. The molecule has 3 nitrogen and oxygen atoms in total. The van der Waals surface area contributed by atoms with Crippen molar-refractivity contribution in [3.63, 3.8) is 0 Å². The third-order valence-corrected chi connectivity index (χ3v) is 9.26. The van der Waals surface area contributed by atoms with Crippen LogP contribution in [0.4, 0.5) is 11.4 Å². The smallest absolute Gasteiger partial charge is 0.0576 e. The van der Waals surface area contributed by atoms with E-state index in [0.29, 0.717) is 11.6 Å². The van der Waals surface area contributed by atoms with E-state index in [-0.39, 0.29) is 0 Å². The first-order valence-electron chi connectivity index (χ1n) is 13.4. The van der Waals surface area contributed by atoms with Gasteiger partial charge in [-0.05, 0) is 81.3 Å². The zero-order chi connectivity index (χ0) is 21.4. The van der Waals surface area contributed by atoms with Crippen LogP contribution in [0.1, 0.15) is 97.3 Å². The molecule has 1 aromatic rings. The number of nitrogens with zero attached hydrogens (tertiary/aromatic N) is 1. The molecule has 2 unspecified atom stereocenters. The summed E-state index contributed by atoms with van der Waals surface area (Å²) in [5, 5.41) is 3.83. The van der Waals surface area contributed by atoms with Crippen molar-refractivity contribution in [2.75, 3.05) is 11.1 Å². The molecule has 172 valence electrons. The Morgan fingerprint density at radius 2 is 1.55 bits per heavy atom. The van der Waals surface area contributed by atoms with Crippen LogP contribution >= 0.6 is 0 Å². The number of para-hydroxylation sites is 2. The normalized spacial score (nSPS) is 39.5. The molecule has 5 rings (SSSR count). The minimum atomic E-state index is 0.474. The first kappa shape index (κ1) is 21.6. The predicted octanol–water partition coefficient (Wildman–Crippen LogP) is 6.84. The topological polar surface area (TPSA) is 41.3 Å². The monoisotopic (exact) mass is 423 g/mol. The van der Waals surface area contributed by atoms with Gasteiger partial charge in [0, 0.05) is 23.7 Å². The van der Waals surface area contributed by atoms with Gasteiger partial charge in [0.25, 0.3) is 0 Å². The van der Waals surface area contributed by atoms with Crippen LogP contribution < -0.4 is 11.1 Å². The standard InChI is InChI=1S/C28H45N3/c1-20-14-21(2)18-28(17-20,19-22-8-4-3-5-9-22)31-24-12-13-25(31)16-23(15-24)30-27-11-7-6-10-26(27)29/h6-7,10-11,20-25,30H,3-5,8-9,12-19,29H2,1-2H3/t20?,21?,23-,24-,25+,28?. The van der Waals surface area contributed by atoms with E-state index < -0.39 is 0 Å². The summed E-state index contributed by atoms with van der Waals surface area (Å²) in [5.74, 6) is 2.74. The zero-order valence-electron chi connectivity index (χ0n) is 20.0. The third-order valence-electron chi connectivity index (χ3n) is 9.26. The van der Waals surface area contributed by atoms with Crippen molar-refractivity contribution in [2.45, 2.75) is 121 Å². The summed E-state index contributed by atoms with van der Waals surface area (Å²) in [6.07, 6.45) is 18.6. The fraction of sp³-hybridized carbons (Fsp3) is 0.786. The van der Waals surface area contributed by atoms with Gasteiger partial charge in [0.2, 0.25) is 0 Å². The number of fused-ring (bicyclic) bond motifs is 2. The number of rotatable bonds is 5. The first-order chi connectivity index (χ1) is 15.0. The van der Waals surface area contributed by atoms with Gasteiger partial charge >= 0.3 is 0 Å². The molecule has 2 bridgehead atoms. The maximum absolute atomic E-state index is 6.25. The Labute approximate surface area is 190 Å². The summed E-state index contributed by atoms with van der Waals surface area (Å²) in [5.41, 5.74) is 8.75. The molecule has 0 amide bonds. The van der Waals surface area contributed by atoms with Gasteiger partial charge in [-0.3, -0.25) is 4.90 Å². The van der Waals surface area contributed by atoms with E-state index in [1.165, 1.54) is 83.5 Å². The summed E-state index contributed by atoms with van der Waals surface area (Å²) >= 11 is 0. The van der Waals surface area contributed by atoms with Crippen molar-refractivity contribution in [1.29, 1.82) is 0 Å². The van der Waals surface area contributed by atoms with E-state index in [4.69, 9.17) is 5.73 Å². The lowest BCUT2D eigenvalue weighted by molar-refractivity contribution is -0.0581. The summed E-state index contributed by atoms with van der Waals surface area (Å²) in [6.45, 7) is 5.08. The fourth-order valence-electron chi connectivity index (χ4n) is 8.56. The Bertz CT molecular complexity index is 716. The zero-order valence-corrected chi connectivity index (χ0v) is 20.0. The molecule has 0 spiro atoms. The molecule has 0 aromatic heterocycles. The molecule has 0 radical (unpaired) electrons. The van der Waals surface area contributed by atoms with E-state index in [2.05, 4.69) is 36.2 Å². The van der Waals surface area contributed by atoms with Gasteiger partial charge < -0.3 is 11.1 Å². The van der Waals surface area contributed by atoms with Crippen LogP contribution in [0.2, 0.25) is 0 Å². The second-order valence-corrected chi connectivity index (χ2v) is 12.0. The van der Waals surface area contributed by atoms with E-state index in [1.54, 1.807) is 0 Å². The highest BCUT2D eigenvalue weighted by Gasteiger charge is 2.53. The van der Waals surface area contributed by atoms with Crippen LogP contribution in [0.3, 0.4) is 0 Å². The molecule has 4 fully saturated rings. The molecule has 3 heteroatoms. The van der Waals surface area contributed by atoms with Crippen molar-refractivity contribution < 1.29 is 0 Å². The van der Waals surface area contributed by atoms with Crippen LogP contribution in [0.25, 0.3) is 0 Å². The van der Waals surface area contributed by atoms with E-state index >= 15 is 0 Å². The number of piperidine rings is 1. The van der Waals surface area contributed by atoms with E-state index in [1.807, 2.05) is 12.1 Å². The second-order valence-electron chi connectivity index (χ2n) is 12.0. The molecule has 2 heterocycles. The Balaban J connectivity index is 1.36. The van der Waals surface area contributed by atoms with Crippen molar-refractivity contribution >= 4 is 11.4 Å². The molecule has 2 saturated heterocycles. The van der Waals surface area contributed by atoms with Crippen molar-refractivity contribution in [1.82, 2.24) is 4.90 Å². The number of benzene rings is 1. The Hall–Kier alpha value is -1.22. The summed E-state index contributed by atoms with van der Waals surface area (Å²) in [4.78, 5) is 3.14. The van der Waals surface area contributed by atoms with Crippen LogP contribution in [-0.2, 0) is 0 Å². The largest absolute Gasteiger partial charge is 0.397 e. The average Bonchev–Trinajstić information content (AvgIpc) is 3.02. The van der Waals surface area contributed by atoms with Crippen molar-refractivity contribution in [3.05, 3.63) is 24.3 Å². The van der Waals surface area contributed by atoms with Crippen LogP contribution in [-0.4, -0.2) is 28.6 Å². The second kappa shape index (κ2) is 8.96. The molecule has 31 heavy (non-hydrogen) atoms. The molecule has 3 N–H and O–H groups in total. The van der Waals surface area contributed by atoms with Crippen LogP contribution in [0.15, 0.2) is 24.3 Å². The number of nitrogens with one attached hydrogen (secondary N) is 1. The number of anilines is 2. The van der Waals surface area contributed by atoms with Crippen LogP contribution in [0.5, 0.6) is 0 Å². The fourth-order valence-corrected chi connectivity index (χ4v) is 8.56. The summed E-state index contributed by atoms with van der Waals surface area (Å²) < 4.78 is 0. The summed E-state index contributed by atoms with van der Waals surface area (Å²) in [6, 6.07) is 10.4. The van der Waals surface area contributed by atoms with Crippen molar-refractivity contribution in [2.24, 2.45) is 17.8 Å². The van der Waals surface area contributed by atoms with Gasteiger partial charge in [-0.1, -0.05) is 58.1 Å². The highest BCUT2D eigenvalue weighted by molar-refractivity contribution is 5.66. The van der Waals surface area contributed by atoms with E-state index in [9.17, 15) is 0 Å². The molecule has 4 aliphatic rings. The highest BCUT2D eigenvalue weighted by Crippen LogP contribution is 2.52. The van der Waals surface area contributed by atoms with Gasteiger partial charge in [-0.25, -0.2) is 0 Å². The Morgan fingerprint density at radius 1 is 0.903 bits per heavy atom. The SMILES string of the molecule is CC1CC(C)CC(CC2CCCCC2)(N2[C@@H]3CC[C@H]2C[C@H](Nc2ccccc2N)C3)C1. The van der Waals surface area contributed by atoms with Gasteiger partial charge in [0.15, 0.2) is 0 Å². The minimum Gasteiger partial charge on any atom is -0.397 e. The molecule has 5 atom stereocenters. The van der Waals surface area contributed by atoms with Crippen molar-refractivity contribution in [3.8, 4) is 0 Å².